The molecule has 100 valence electrons. The van der Waals surface area contributed by atoms with Gasteiger partial charge in [0.2, 0.25) is 5.89 Å². The van der Waals surface area contributed by atoms with Crippen LogP contribution in [-0.2, 0) is 11.2 Å². The number of hydrogen-bond donors (Lipinski definition) is 4. The van der Waals surface area contributed by atoms with E-state index in [0.29, 0.717) is 12.3 Å². The number of rotatable bonds is 7. The van der Waals surface area contributed by atoms with Gasteiger partial charge < -0.3 is 25.4 Å². The quantitative estimate of drug-likeness (QED) is 0.479. The van der Waals surface area contributed by atoms with Gasteiger partial charge in [-0.15, -0.1) is 0 Å². The van der Waals surface area contributed by atoms with Gasteiger partial charge in [0.05, 0.1) is 0 Å². The number of aliphatic hydroxyl groups is 1. The number of aromatic nitrogens is 2. The molecule has 0 fully saturated rings. The Balaban J connectivity index is 2.25. The predicted molar refractivity (Wildman–Crippen MR) is 57.7 cm³/mol. The van der Waals surface area contributed by atoms with Gasteiger partial charge in [0.1, 0.15) is 6.04 Å². The van der Waals surface area contributed by atoms with E-state index < -0.39 is 18.0 Å². The number of carbonyl (C=O) groups is 2. The summed E-state index contributed by atoms with van der Waals surface area (Å²) in [6, 6.07) is -1.74. The van der Waals surface area contributed by atoms with Gasteiger partial charge in [0.15, 0.2) is 6.33 Å². The van der Waals surface area contributed by atoms with Crippen molar-refractivity contribution < 1.29 is 24.3 Å². The van der Waals surface area contributed by atoms with Gasteiger partial charge in [-0.1, -0.05) is 5.16 Å². The zero-order valence-electron chi connectivity index (χ0n) is 9.50. The minimum Gasteiger partial charge on any atom is -0.480 e. The molecule has 1 aromatic rings. The number of carboxylic acids is 1. The molecule has 0 saturated heterocycles. The van der Waals surface area contributed by atoms with E-state index >= 15 is 0 Å². The summed E-state index contributed by atoms with van der Waals surface area (Å²) in [5, 5.41) is 25.4. The summed E-state index contributed by atoms with van der Waals surface area (Å²) in [6.07, 6.45) is 1.55. The number of nitrogens with zero attached hydrogens (tertiary/aromatic N) is 2. The fourth-order valence-electron chi connectivity index (χ4n) is 1.18. The number of nitrogens with one attached hydrogen (secondary N) is 2. The third-order valence-electron chi connectivity index (χ3n) is 2.05. The van der Waals surface area contributed by atoms with Crippen LogP contribution in [0.2, 0.25) is 0 Å². The van der Waals surface area contributed by atoms with E-state index in [4.69, 9.17) is 14.7 Å². The zero-order valence-corrected chi connectivity index (χ0v) is 9.50. The first-order valence-corrected chi connectivity index (χ1v) is 5.27. The Hall–Kier alpha value is -2.16. The molecule has 0 spiro atoms. The summed E-state index contributed by atoms with van der Waals surface area (Å²) in [7, 11) is 0. The molecule has 1 aromatic heterocycles. The Kier molecular flexibility index (Phi) is 5.58. The largest absolute Gasteiger partial charge is 0.480 e. The molecular weight excluding hydrogens is 244 g/mol. The Morgan fingerprint density at radius 2 is 2.28 bits per heavy atom. The molecule has 1 atom stereocenters. The second-order valence-corrected chi connectivity index (χ2v) is 3.39. The molecule has 0 radical (unpaired) electrons. The maximum Gasteiger partial charge on any atom is 0.326 e. The second kappa shape index (κ2) is 7.22. The van der Waals surface area contributed by atoms with Crippen LogP contribution in [0.5, 0.6) is 0 Å². The van der Waals surface area contributed by atoms with E-state index in [9.17, 15) is 9.59 Å². The van der Waals surface area contributed by atoms with Crippen LogP contribution in [0, 0.1) is 0 Å². The first-order chi connectivity index (χ1) is 8.63. The highest BCUT2D eigenvalue weighted by Gasteiger charge is 2.18. The fourth-order valence-corrected chi connectivity index (χ4v) is 1.18. The van der Waals surface area contributed by atoms with Crippen molar-refractivity contribution in [3.05, 3.63) is 12.2 Å². The summed E-state index contributed by atoms with van der Waals surface area (Å²) < 4.78 is 4.71. The Bertz CT molecular complexity index is 380. The highest BCUT2D eigenvalue weighted by molar-refractivity contribution is 5.82. The van der Waals surface area contributed by atoms with Crippen molar-refractivity contribution in [3.8, 4) is 0 Å². The molecule has 0 aromatic carbocycles. The van der Waals surface area contributed by atoms with Crippen molar-refractivity contribution in [3.63, 3.8) is 0 Å². The monoisotopic (exact) mass is 258 g/mol. The molecular formula is C9H14N4O5. The highest BCUT2D eigenvalue weighted by Crippen LogP contribution is 1.92. The summed E-state index contributed by atoms with van der Waals surface area (Å²) in [6.45, 7) is -0.0846. The normalized spacial score (nSPS) is 11.8. The van der Waals surface area contributed by atoms with E-state index in [-0.39, 0.29) is 19.6 Å². The van der Waals surface area contributed by atoms with Gasteiger partial charge in [-0.2, -0.15) is 4.98 Å². The molecule has 18 heavy (non-hydrogen) atoms. The van der Waals surface area contributed by atoms with Crippen molar-refractivity contribution >= 4 is 12.0 Å². The lowest BCUT2D eigenvalue weighted by atomic mass is 10.2. The second-order valence-electron chi connectivity index (χ2n) is 3.39. The van der Waals surface area contributed by atoms with Crippen molar-refractivity contribution in [1.82, 2.24) is 20.8 Å². The SMILES string of the molecule is O=C(NCCc1ncno1)N[C@H](CCO)C(=O)O. The third-order valence-corrected chi connectivity index (χ3v) is 2.05. The fraction of sp³-hybridized carbons (Fsp3) is 0.556. The number of amides is 2. The van der Waals surface area contributed by atoms with Gasteiger partial charge in [-0.05, 0) is 0 Å². The van der Waals surface area contributed by atoms with Crippen molar-refractivity contribution in [2.75, 3.05) is 13.2 Å². The van der Waals surface area contributed by atoms with E-state index in [2.05, 4.69) is 20.8 Å². The van der Waals surface area contributed by atoms with Gasteiger partial charge in [-0.3, -0.25) is 0 Å². The van der Waals surface area contributed by atoms with Gasteiger partial charge in [0, 0.05) is 26.0 Å². The van der Waals surface area contributed by atoms with E-state index in [1.165, 1.54) is 6.33 Å². The Morgan fingerprint density at radius 1 is 1.50 bits per heavy atom. The van der Waals surface area contributed by atoms with Crippen LogP contribution in [0.1, 0.15) is 12.3 Å². The molecule has 9 nitrogen and oxygen atoms in total. The van der Waals surface area contributed by atoms with Crippen LogP contribution in [0.4, 0.5) is 4.79 Å². The number of urea groups is 1. The van der Waals surface area contributed by atoms with Crippen LogP contribution in [0.25, 0.3) is 0 Å². The Morgan fingerprint density at radius 3 is 2.83 bits per heavy atom. The van der Waals surface area contributed by atoms with Crippen LogP contribution in [0.3, 0.4) is 0 Å². The minimum atomic E-state index is -1.20. The molecule has 2 amide bonds. The van der Waals surface area contributed by atoms with E-state index in [0.717, 1.165) is 0 Å². The molecule has 0 saturated carbocycles. The molecule has 1 rings (SSSR count). The molecule has 0 aliphatic carbocycles. The third kappa shape index (κ3) is 4.78. The van der Waals surface area contributed by atoms with Crippen LogP contribution < -0.4 is 10.6 Å². The minimum absolute atomic E-state index is 0.0492. The highest BCUT2D eigenvalue weighted by atomic mass is 16.5. The lowest BCUT2D eigenvalue weighted by Gasteiger charge is -2.13. The van der Waals surface area contributed by atoms with Crippen LogP contribution in [-0.4, -0.2) is 51.5 Å². The average molecular weight is 258 g/mol. The topological polar surface area (TPSA) is 138 Å². The lowest BCUT2D eigenvalue weighted by Crippen LogP contribution is -2.46. The number of carboxylic acid groups (broad SMARTS) is 1. The standard InChI is InChI=1S/C9H14N4O5/c14-4-2-6(8(15)16)13-9(17)10-3-1-7-11-5-12-18-7/h5-6,14H,1-4H2,(H,15,16)(H2,10,13,17)/t6-/m1/s1. The summed E-state index contributed by atoms with van der Waals surface area (Å²) in [5.74, 6) is -0.823. The van der Waals surface area contributed by atoms with Crippen molar-refractivity contribution in [1.29, 1.82) is 0 Å². The maximum absolute atomic E-state index is 11.3. The van der Waals surface area contributed by atoms with Crippen LogP contribution >= 0.6 is 0 Å². The lowest BCUT2D eigenvalue weighted by molar-refractivity contribution is -0.139. The molecule has 1 heterocycles. The first kappa shape index (κ1) is 13.9. The molecule has 0 bridgehead atoms. The number of aliphatic carboxylic acids is 1. The van der Waals surface area contributed by atoms with Crippen molar-refractivity contribution in [2.24, 2.45) is 0 Å². The Labute approximate surface area is 102 Å². The number of carbonyl (C=O) groups excluding carboxylic acids is 1. The number of aliphatic hydroxyl groups excluding tert-OH is 1. The van der Waals surface area contributed by atoms with Crippen molar-refractivity contribution in [2.45, 2.75) is 18.9 Å². The molecule has 0 aliphatic rings. The predicted octanol–water partition coefficient (Wildman–Crippen LogP) is -1.25. The zero-order chi connectivity index (χ0) is 13.4. The molecule has 4 N–H and O–H groups in total. The number of hydrogen-bond acceptors (Lipinski definition) is 6. The van der Waals surface area contributed by atoms with Gasteiger partial charge in [-0.25, -0.2) is 9.59 Å². The average Bonchev–Trinajstić information content (AvgIpc) is 2.81. The molecule has 0 aliphatic heterocycles. The van der Waals surface area contributed by atoms with Gasteiger partial charge >= 0.3 is 12.0 Å². The molecule has 0 unspecified atom stereocenters. The van der Waals surface area contributed by atoms with E-state index in [1.54, 1.807) is 0 Å². The maximum atomic E-state index is 11.3. The smallest absolute Gasteiger partial charge is 0.326 e. The first-order valence-electron chi connectivity index (χ1n) is 5.27. The summed E-state index contributed by atoms with van der Waals surface area (Å²) >= 11 is 0. The summed E-state index contributed by atoms with van der Waals surface area (Å²) in [4.78, 5) is 25.8. The van der Waals surface area contributed by atoms with Gasteiger partial charge in [0.25, 0.3) is 0 Å². The molecule has 9 heteroatoms. The summed E-state index contributed by atoms with van der Waals surface area (Å²) in [5.41, 5.74) is 0. The van der Waals surface area contributed by atoms with Crippen LogP contribution in [0.15, 0.2) is 10.9 Å². The van der Waals surface area contributed by atoms with E-state index in [1.807, 2.05) is 0 Å².